The number of nitrogens with one attached hydrogen (secondary N) is 1. The third-order valence-corrected chi connectivity index (χ3v) is 6.77. The number of benzene rings is 1. The zero-order valence-corrected chi connectivity index (χ0v) is 20.6. The topological polar surface area (TPSA) is 122 Å². The quantitative estimate of drug-likeness (QED) is 0.395. The van der Waals surface area contributed by atoms with Crippen molar-refractivity contribution in [3.8, 4) is 16.9 Å². The number of nitrogens with two attached hydrogens (primary N) is 1. The highest BCUT2D eigenvalue weighted by Gasteiger charge is 2.24. The lowest BCUT2D eigenvalue weighted by molar-refractivity contribution is -0.133. The molecular formula is C26H28FN7O2. The van der Waals surface area contributed by atoms with Crippen molar-refractivity contribution in [1.29, 1.82) is 0 Å². The first-order valence-corrected chi connectivity index (χ1v) is 11.8. The number of halogens is 1. The molecule has 0 bridgehead atoms. The molecule has 3 aromatic heterocycles. The molecule has 186 valence electrons. The third-order valence-electron chi connectivity index (χ3n) is 6.77. The molecule has 0 aliphatic carbocycles. The second-order valence-electron chi connectivity index (χ2n) is 9.41. The number of nitrogen functional groups attached to an aromatic ring is 1. The zero-order valence-electron chi connectivity index (χ0n) is 20.6. The Bertz CT molecular complexity index is 1510. The SMILES string of the molecule is Cc1ncc(-c2cc3cc(Nc4cc5n(n4)CC(=O)N(C(C)C)CC5)ncc3c(O)c2F)c(C)c1N. The van der Waals surface area contributed by atoms with Crippen molar-refractivity contribution in [3.63, 3.8) is 0 Å². The lowest BCUT2D eigenvalue weighted by Gasteiger charge is -2.24. The molecule has 0 saturated heterocycles. The van der Waals surface area contributed by atoms with E-state index in [1.165, 1.54) is 6.20 Å². The molecule has 1 aliphatic heterocycles. The zero-order chi connectivity index (χ0) is 25.7. The lowest BCUT2D eigenvalue weighted by Crippen LogP contribution is -2.38. The van der Waals surface area contributed by atoms with Crippen LogP contribution in [0.4, 0.5) is 21.7 Å². The first-order chi connectivity index (χ1) is 17.1. The predicted molar refractivity (Wildman–Crippen MR) is 137 cm³/mol. The average molecular weight is 490 g/mol. The molecule has 0 saturated carbocycles. The molecule has 1 aromatic carbocycles. The number of hydrogen-bond acceptors (Lipinski definition) is 7. The molecule has 4 aromatic rings. The van der Waals surface area contributed by atoms with Gasteiger partial charge in [0.05, 0.1) is 11.4 Å². The predicted octanol–water partition coefficient (Wildman–Crippen LogP) is 4.07. The van der Waals surface area contributed by atoms with Crippen LogP contribution in [0.5, 0.6) is 5.75 Å². The summed E-state index contributed by atoms with van der Waals surface area (Å²) in [5.41, 5.74) is 9.62. The van der Waals surface area contributed by atoms with E-state index in [1.54, 1.807) is 36.9 Å². The van der Waals surface area contributed by atoms with Crippen molar-refractivity contribution >= 4 is 34.0 Å². The molecule has 0 spiro atoms. The van der Waals surface area contributed by atoms with Gasteiger partial charge < -0.3 is 21.1 Å². The van der Waals surface area contributed by atoms with E-state index in [-0.39, 0.29) is 29.4 Å². The molecule has 0 fully saturated rings. The van der Waals surface area contributed by atoms with E-state index in [9.17, 15) is 9.90 Å². The second kappa shape index (κ2) is 8.78. The molecule has 0 radical (unpaired) electrons. The largest absolute Gasteiger partial charge is 0.504 e. The van der Waals surface area contributed by atoms with Crippen LogP contribution >= 0.6 is 0 Å². The van der Waals surface area contributed by atoms with Gasteiger partial charge in [-0.15, -0.1) is 0 Å². The van der Waals surface area contributed by atoms with E-state index < -0.39 is 11.6 Å². The van der Waals surface area contributed by atoms with Crippen molar-refractivity contribution in [2.75, 3.05) is 17.6 Å². The van der Waals surface area contributed by atoms with Crippen molar-refractivity contribution in [3.05, 3.63) is 53.4 Å². The molecule has 1 amide bonds. The maximum Gasteiger partial charge on any atom is 0.244 e. The Morgan fingerprint density at radius 1 is 1.11 bits per heavy atom. The second-order valence-corrected chi connectivity index (χ2v) is 9.41. The Morgan fingerprint density at radius 3 is 2.64 bits per heavy atom. The maximum atomic E-state index is 15.1. The Balaban J connectivity index is 1.48. The monoisotopic (exact) mass is 489 g/mol. The van der Waals surface area contributed by atoms with Crippen molar-refractivity contribution in [1.82, 2.24) is 24.6 Å². The molecule has 0 atom stereocenters. The molecule has 4 heterocycles. The van der Waals surface area contributed by atoms with Gasteiger partial charge in [-0.05, 0) is 50.8 Å². The number of nitrogens with zero attached hydrogens (tertiary/aromatic N) is 5. The number of carbonyl (C=O) groups is 1. The normalized spacial score (nSPS) is 13.8. The van der Waals surface area contributed by atoms with E-state index in [0.29, 0.717) is 52.5 Å². The van der Waals surface area contributed by atoms with E-state index in [2.05, 4.69) is 20.4 Å². The van der Waals surface area contributed by atoms with Crippen LogP contribution in [0.2, 0.25) is 0 Å². The fourth-order valence-corrected chi connectivity index (χ4v) is 4.64. The van der Waals surface area contributed by atoms with Crippen LogP contribution in [0.15, 0.2) is 30.6 Å². The number of anilines is 3. The number of phenolic OH excluding ortho intramolecular Hbond substituents is 1. The van der Waals surface area contributed by atoms with Crippen LogP contribution < -0.4 is 11.1 Å². The smallest absolute Gasteiger partial charge is 0.244 e. The summed E-state index contributed by atoms with van der Waals surface area (Å²) in [4.78, 5) is 23.0. The number of aryl methyl sites for hydroxylation is 1. The minimum atomic E-state index is -0.754. The molecule has 36 heavy (non-hydrogen) atoms. The van der Waals surface area contributed by atoms with Crippen LogP contribution in [0.1, 0.15) is 30.8 Å². The van der Waals surface area contributed by atoms with Crippen LogP contribution in [-0.2, 0) is 17.8 Å². The summed E-state index contributed by atoms with van der Waals surface area (Å²) in [5, 5.41) is 19.2. The maximum absolute atomic E-state index is 15.1. The van der Waals surface area contributed by atoms with Gasteiger partial charge in [-0.3, -0.25) is 14.5 Å². The molecular weight excluding hydrogens is 461 g/mol. The van der Waals surface area contributed by atoms with Crippen LogP contribution in [0, 0.1) is 19.7 Å². The number of hydrogen-bond donors (Lipinski definition) is 3. The highest BCUT2D eigenvalue weighted by atomic mass is 19.1. The molecule has 0 unspecified atom stereocenters. The van der Waals surface area contributed by atoms with Crippen molar-refractivity contribution < 1.29 is 14.3 Å². The highest BCUT2D eigenvalue weighted by molar-refractivity contribution is 5.94. The number of pyridine rings is 2. The number of phenols is 1. The van der Waals surface area contributed by atoms with Crippen LogP contribution in [0.3, 0.4) is 0 Å². The summed E-state index contributed by atoms with van der Waals surface area (Å²) >= 11 is 0. The number of carbonyl (C=O) groups excluding carboxylic acids is 1. The van der Waals surface area contributed by atoms with Gasteiger partial charge in [0, 0.05) is 59.7 Å². The Kier molecular flexibility index (Phi) is 5.74. The number of aromatic nitrogens is 4. The van der Waals surface area contributed by atoms with E-state index in [0.717, 1.165) is 5.69 Å². The van der Waals surface area contributed by atoms with Crippen molar-refractivity contribution in [2.24, 2.45) is 0 Å². The standard InChI is InChI=1S/C26H28FN7O2/c1-13(2)33-6-5-17-9-22(32-34(17)12-23(33)35)31-21-8-16-7-18(24(27)26(36)20(16)11-30-21)19-10-29-15(4)25(28)14(19)3/h7-11,13,36H,5-6,12,28H2,1-4H3,(H,30,31,32). The van der Waals surface area contributed by atoms with Gasteiger partial charge >= 0.3 is 0 Å². The number of amides is 1. The Labute approximate surface area is 207 Å². The highest BCUT2D eigenvalue weighted by Crippen LogP contribution is 2.38. The van der Waals surface area contributed by atoms with Gasteiger partial charge in [-0.1, -0.05) is 0 Å². The molecule has 10 heteroatoms. The summed E-state index contributed by atoms with van der Waals surface area (Å²) in [6, 6.07) is 5.41. The number of aromatic hydroxyl groups is 1. The summed E-state index contributed by atoms with van der Waals surface area (Å²) in [6.07, 6.45) is 3.68. The first kappa shape index (κ1) is 23.5. The summed E-state index contributed by atoms with van der Waals surface area (Å²) in [7, 11) is 0. The van der Waals surface area contributed by atoms with Gasteiger partial charge in [-0.25, -0.2) is 9.37 Å². The van der Waals surface area contributed by atoms with Gasteiger partial charge in [-0.2, -0.15) is 5.10 Å². The van der Waals surface area contributed by atoms with E-state index >= 15 is 4.39 Å². The summed E-state index contributed by atoms with van der Waals surface area (Å²) in [6.45, 7) is 8.42. The van der Waals surface area contributed by atoms with Gasteiger partial charge in [0.15, 0.2) is 17.4 Å². The average Bonchev–Trinajstić information content (AvgIpc) is 3.13. The summed E-state index contributed by atoms with van der Waals surface area (Å²) < 4.78 is 16.9. The van der Waals surface area contributed by atoms with E-state index in [4.69, 9.17) is 5.73 Å². The number of fused-ring (bicyclic) bond motifs is 2. The van der Waals surface area contributed by atoms with Gasteiger partial charge in [0.2, 0.25) is 5.91 Å². The first-order valence-electron chi connectivity index (χ1n) is 11.8. The van der Waals surface area contributed by atoms with Crippen molar-refractivity contribution in [2.45, 2.75) is 46.7 Å². The molecule has 1 aliphatic rings. The fourth-order valence-electron chi connectivity index (χ4n) is 4.64. The van der Waals surface area contributed by atoms with Gasteiger partial charge in [0.25, 0.3) is 0 Å². The van der Waals surface area contributed by atoms with E-state index in [1.807, 2.05) is 24.8 Å². The third kappa shape index (κ3) is 3.98. The van der Waals surface area contributed by atoms with Crippen LogP contribution in [0.25, 0.3) is 21.9 Å². The minimum absolute atomic E-state index is 0.0359. The molecule has 4 N–H and O–H groups in total. The number of rotatable bonds is 4. The minimum Gasteiger partial charge on any atom is -0.504 e. The van der Waals surface area contributed by atoms with Crippen LogP contribution in [-0.4, -0.2) is 48.2 Å². The molecule has 5 rings (SSSR count). The van der Waals surface area contributed by atoms with Gasteiger partial charge in [0.1, 0.15) is 12.4 Å². The fraction of sp³-hybridized carbons (Fsp3) is 0.308. The Morgan fingerprint density at radius 2 is 1.89 bits per heavy atom. The summed E-state index contributed by atoms with van der Waals surface area (Å²) in [5.74, 6) is -0.173. The Hall–Kier alpha value is -4.21. The molecule has 9 nitrogen and oxygen atoms in total. The lowest BCUT2D eigenvalue weighted by atomic mass is 9.97.